The van der Waals surface area contributed by atoms with E-state index in [9.17, 15) is 0 Å². The van der Waals surface area contributed by atoms with Crippen molar-refractivity contribution >= 4 is 46.3 Å². The van der Waals surface area contributed by atoms with Crippen LogP contribution in [0.5, 0.6) is 0 Å². The van der Waals surface area contributed by atoms with E-state index in [-0.39, 0.29) is 0 Å². The third-order valence-electron chi connectivity index (χ3n) is 14.5. The maximum Gasteiger partial charge on any atom is 0.0467 e. The number of hydrogen-bond donors (Lipinski definition) is 0. The Morgan fingerprint density at radius 2 is 0.410 bits per heavy atom. The molecule has 0 fully saturated rings. The summed E-state index contributed by atoms with van der Waals surface area (Å²) >= 11 is 0. The summed E-state index contributed by atoms with van der Waals surface area (Å²) in [7, 11) is 0. The molecule has 2 nitrogen and oxygen atoms in total. The minimum atomic E-state index is 1.05. The van der Waals surface area contributed by atoms with Crippen molar-refractivity contribution in [2.24, 2.45) is 0 Å². The molecule has 0 heterocycles. The average molecular weight is 997 g/mol. The van der Waals surface area contributed by atoms with E-state index in [0.717, 1.165) is 89.8 Å². The van der Waals surface area contributed by atoms with E-state index in [1.165, 1.54) is 33.4 Å². The van der Waals surface area contributed by atoms with Crippen LogP contribution in [0.4, 0.5) is 34.1 Å². The van der Waals surface area contributed by atoms with Crippen LogP contribution in [-0.2, 0) is 0 Å². The van der Waals surface area contributed by atoms with E-state index in [2.05, 4.69) is 326 Å². The highest BCUT2D eigenvalue weighted by Crippen LogP contribution is 2.43. The summed E-state index contributed by atoms with van der Waals surface area (Å²) < 4.78 is 0. The van der Waals surface area contributed by atoms with Gasteiger partial charge < -0.3 is 9.80 Å². The lowest BCUT2D eigenvalue weighted by Crippen LogP contribution is -2.10. The molecule has 12 aromatic carbocycles. The number of nitrogens with zero attached hydrogens (tertiary/aromatic N) is 2. The first-order valence-electron chi connectivity index (χ1n) is 26.5. The van der Waals surface area contributed by atoms with E-state index >= 15 is 0 Å². The molecule has 370 valence electrons. The predicted molar refractivity (Wildman–Crippen MR) is 334 cm³/mol. The first kappa shape index (κ1) is 48.6. The fourth-order valence-corrected chi connectivity index (χ4v) is 10.5. The molecule has 0 aliphatic rings. The van der Waals surface area contributed by atoms with Crippen molar-refractivity contribution in [3.05, 3.63) is 328 Å². The molecular weight excluding hydrogens is 941 g/mol. The van der Waals surface area contributed by atoms with E-state index in [4.69, 9.17) is 0 Å². The summed E-state index contributed by atoms with van der Waals surface area (Å²) in [6.45, 7) is 8.10. The van der Waals surface area contributed by atoms with Crippen LogP contribution in [0.2, 0.25) is 0 Å². The molecule has 0 amide bonds. The van der Waals surface area contributed by atoms with Crippen molar-refractivity contribution in [3.63, 3.8) is 0 Å². The monoisotopic (exact) mass is 996 g/mol. The third kappa shape index (κ3) is 10.5. The Labute approximate surface area is 459 Å². The van der Waals surface area contributed by atoms with Gasteiger partial charge in [-0.3, -0.25) is 0 Å². The van der Waals surface area contributed by atoms with Gasteiger partial charge in [-0.05, 0) is 186 Å². The van der Waals surface area contributed by atoms with Crippen molar-refractivity contribution in [2.75, 3.05) is 9.80 Å². The van der Waals surface area contributed by atoms with Crippen LogP contribution >= 0.6 is 0 Å². The average Bonchev–Trinajstić information content (AvgIpc) is 3.57. The largest absolute Gasteiger partial charge is 0.310 e. The molecule has 0 saturated carbocycles. The normalized spacial score (nSPS) is 10.9. The molecular formula is C76H56N2. The van der Waals surface area contributed by atoms with E-state index in [0.29, 0.717) is 0 Å². The second-order valence-corrected chi connectivity index (χ2v) is 19.5. The predicted octanol–water partition coefficient (Wildman–Crippen LogP) is 21.6. The molecule has 78 heavy (non-hydrogen) atoms. The van der Waals surface area contributed by atoms with E-state index in [1.54, 1.807) is 0 Å². The molecule has 0 aliphatic heterocycles. The summed E-state index contributed by atoms with van der Waals surface area (Å²) in [5.74, 6) is 0. The van der Waals surface area contributed by atoms with Gasteiger partial charge in [-0.25, -0.2) is 0 Å². The summed E-state index contributed by atoms with van der Waals surface area (Å²) in [6.07, 6.45) is 3.81. The van der Waals surface area contributed by atoms with Gasteiger partial charge in [0.05, 0.1) is 0 Å². The highest BCUT2D eigenvalue weighted by molar-refractivity contribution is 5.87. The van der Waals surface area contributed by atoms with Crippen molar-refractivity contribution < 1.29 is 0 Å². The fraction of sp³-hybridized carbons (Fsp3) is 0. The van der Waals surface area contributed by atoms with Crippen LogP contribution < -0.4 is 9.80 Å². The summed E-state index contributed by atoms with van der Waals surface area (Å²) in [5.41, 5.74) is 24.7. The molecule has 0 radical (unpaired) electrons. The topological polar surface area (TPSA) is 6.48 Å². The van der Waals surface area contributed by atoms with E-state index in [1.807, 2.05) is 12.2 Å². The van der Waals surface area contributed by atoms with Crippen LogP contribution in [0.25, 0.3) is 90.0 Å². The van der Waals surface area contributed by atoms with Crippen molar-refractivity contribution in [1.82, 2.24) is 0 Å². The SMILES string of the molecule is C=Cc1cccc(-c2cccc(N(c3ccc(-c4cccc(-c5ccccc5)c4)cc3)c3cccc(-c4cccc(N(c5ccc(-c6cccc(-c7ccccc7)c6)cc5)c5cccc(-c6cccc(C=C)c6)c5)c4)c3)c2)c1. The molecule has 0 aliphatic carbocycles. The first-order chi connectivity index (χ1) is 38.5. The molecule has 0 aromatic heterocycles. The van der Waals surface area contributed by atoms with Gasteiger partial charge in [0.25, 0.3) is 0 Å². The van der Waals surface area contributed by atoms with Crippen LogP contribution in [0, 0.1) is 0 Å². The van der Waals surface area contributed by atoms with Crippen LogP contribution in [0.15, 0.2) is 316 Å². The number of anilines is 6. The van der Waals surface area contributed by atoms with Crippen molar-refractivity contribution in [1.29, 1.82) is 0 Å². The molecule has 0 spiro atoms. The third-order valence-corrected chi connectivity index (χ3v) is 14.5. The van der Waals surface area contributed by atoms with E-state index < -0.39 is 0 Å². The standard InChI is InChI=1S/C76H56N2/c1-3-55-19-11-25-61(47-55)67-31-15-35-73(51-67)77(71-43-39-59(40-44-71)65-29-13-27-63(49-65)57-21-7-5-8-22-57)75-37-17-33-69(53-75)70-34-18-38-76(54-70)78(74-36-16-32-68(52-74)62-26-12-20-56(4-2)48-62)72-45-41-60(42-46-72)66-30-14-28-64(50-66)58-23-9-6-10-24-58/h3-54H,1-2H2. The highest BCUT2D eigenvalue weighted by atomic mass is 15.1. The van der Waals surface area contributed by atoms with Gasteiger partial charge in [0.1, 0.15) is 0 Å². The van der Waals surface area contributed by atoms with Gasteiger partial charge in [0, 0.05) is 34.1 Å². The Morgan fingerprint density at radius 3 is 0.705 bits per heavy atom. The summed E-state index contributed by atoms with van der Waals surface area (Å²) in [6, 6.07) is 109. The molecule has 12 rings (SSSR count). The Bertz CT molecular complexity index is 3790. The van der Waals surface area contributed by atoms with Crippen molar-refractivity contribution in [3.8, 4) is 77.9 Å². The smallest absolute Gasteiger partial charge is 0.0467 e. The van der Waals surface area contributed by atoms with Gasteiger partial charge in [0.2, 0.25) is 0 Å². The van der Waals surface area contributed by atoms with Gasteiger partial charge in [-0.2, -0.15) is 0 Å². The minimum Gasteiger partial charge on any atom is -0.310 e. The molecule has 0 unspecified atom stereocenters. The van der Waals surface area contributed by atoms with Crippen LogP contribution in [0.3, 0.4) is 0 Å². The maximum absolute atomic E-state index is 4.05. The second kappa shape index (κ2) is 22.3. The zero-order valence-electron chi connectivity index (χ0n) is 43.3. The lowest BCUT2D eigenvalue weighted by molar-refractivity contribution is 1.28. The Morgan fingerprint density at radius 1 is 0.179 bits per heavy atom. The quantitative estimate of drug-likeness (QED) is 0.101. The zero-order valence-corrected chi connectivity index (χ0v) is 43.3. The van der Waals surface area contributed by atoms with Crippen LogP contribution in [-0.4, -0.2) is 0 Å². The summed E-state index contributed by atoms with van der Waals surface area (Å²) in [4.78, 5) is 4.74. The zero-order chi connectivity index (χ0) is 52.6. The van der Waals surface area contributed by atoms with Gasteiger partial charge in [-0.1, -0.05) is 232 Å². The van der Waals surface area contributed by atoms with Gasteiger partial charge >= 0.3 is 0 Å². The molecule has 12 aromatic rings. The molecule has 2 heteroatoms. The van der Waals surface area contributed by atoms with Crippen molar-refractivity contribution in [2.45, 2.75) is 0 Å². The second-order valence-electron chi connectivity index (χ2n) is 19.5. The molecule has 0 atom stereocenters. The lowest BCUT2D eigenvalue weighted by atomic mass is 9.98. The highest BCUT2D eigenvalue weighted by Gasteiger charge is 2.18. The Hall–Kier alpha value is -10.3. The first-order valence-corrected chi connectivity index (χ1v) is 26.5. The number of rotatable bonds is 15. The Balaban J connectivity index is 0.935. The summed E-state index contributed by atoms with van der Waals surface area (Å²) in [5, 5.41) is 0. The van der Waals surface area contributed by atoms with Crippen LogP contribution in [0.1, 0.15) is 11.1 Å². The number of hydrogen-bond acceptors (Lipinski definition) is 2. The molecule has 0 bridgehead atoms. The molecule has 0 N–H and O–H groups in total. The minimum absolute atomic E-state index is 1.05. The maximum atomic E-state index is 4.05. The van der Waals surface area contributed by atoms with Gasteiger partial charge in [-0.15, -0.1) is 0 Å². The van der Waals surface area contributed by atoms with Gasteiger partial charge in [0.15, 0.2) is 0 Å². The fourth-order valence-electron chi connectivity index (χ4n) is 10.5. The lowest BCUT2D eigenvalue weighted by Gasteiger charge is -2.28. The number of benzene rings is 12. The molecule has 0 saturated heterocycles. The Kier molecular flexibility index (Phi) is 13.9.